The molecule has 2 bridgehead atoms. The predicted octanol–water partition coefficient (Wildman–Crippen LogP) is 0.497. The zero-order valence-corrected chi connectivity index (χ0v) is 18.3. The van der Waals surface area contributed by atoms with E-state index in [1.54, 1.807) is 17.0 Å². The van der Waals surface area contributed by atoms with Gasteiger partial charge >= 0.3 is 5.97 Å². The number of aryl methyl sites for hydroxylation is 1. The lowest BCUT2D eigenvalue weighted by atomic mass is 10.0. The molecule has 1 unspecified atom stereocenters. The zero-order chi connectivity index (χ0) is 23.0. The number of nitriles is 1. The van der Waals surface area contributed by atoms with E-state index in [2.05, 4.69) is 6.07 Å². The van der Waals surface area contributed by atoms with Gasteiger partial charge < -0.3 is 20.6 Å². The Labute approximate surface area is 191 Å². The molecule has 0 radical (unpaired) electrons. The molecule has 172 valence electrons. The van der Waals surface area contributed by atoms with Gasteiger partial charge in [-0.2, -0.15) is 5.26 Å². The van der Waals surface area contributed by atoms with E-state index in [1.807, 2.05) is 15.9 Å². The lowest BCUT2D eigenvalue weighted by Gasteiger charge is -2.38. The number of carbonyl (C=O) groups is 3. The van der Waals surface area contributed by atoms with E-state index in [-0.39, 0.29) is 47.6 Å². The molecule has 33 heavy (non-hydrogen) atoms. The number of benzene rings is 1. The van der Waals surface area contributed by atoms with E-state index >= 15 is 0 Å². The lowest BCUT2D eigenvalue weighted by Crippen LogP contribution is -2.57. The third-order valence-corrected chi connectivity index (χ3v) is 8.34. The van der Waals surface area contributed by atoms with E-state index in [1.165, 1.54) is 0 Å². The van der Waals surface area contributed by atoms with Crippen molar-refractivity contribution >= 4 is 17.8 Å². The number of nitrogens with zero attached hydrogens (tertiary/aromatic N) is 4. The molecule has 3 saturated heterocycles. The molecule has 5 aliphatic rings. The van der Waals surface area contributed by atoms with Crippen LogP contribution in [-0.4, -0.2) is 80.9 Å². The number of rotatable bonds is 5. The predicted molar refractivity (Wildman–Crippen MR) is 116 cm³/mol. The molecule has 1 saturated carbocycles. The Hall–Kier alpha value is -2.96. The van der Waals surface area contributed by atoms with Crippen LogP contribution in [0.1, 0.15) is 53.2 Å². The Bertz CT molecular complexity index is 1100. The van der Waals surface area contributed by atoms with Crippen LogP contribution in [0.3, 0.4) is 0 Å². The monoisotopic (exact) mass is 449 g/mol. The van der Waals surface area contributed by atoms with Crippen molar-refractivity contribution in [3.63, 3.8) is 0 Å². The van der Waals surface area contributed by atoms with Crippen LogP contribution in [0.2, 0.25) is 0 Å². The number of fused-ring (bicyclic) bond motifs is 4. The van der Waals surface area contributed by atoms with Crippen LogP contribution in [0.4, 0.5) is 0 Å². The average Bonchev–Trinajstić information content (AvgIpc) is 3.15. The van der Waals surface area contributed by atoms with Crippen molar-refractivity contribution in [1.29, 1.82) is 5.26 Å². The number of amides is 2. The molecule has 2 aliphatic carbocycles. The maximum atomic E-state index is 13.3. The van der Waals surface area contributed by atoms with E-state index < -0.39 is 12.0 Å². The first-order valence-corrected chi connectivity index (χ1v) is 11.8. The van der Waals surface area contributed by atoms with E-state index in [0.29, 0.717) is 19.0 Å². The van der Waals surface area contributed by atoms with Crippen molar-refractivity contribution in [2.24, 2.45) is 11.7 Å². The zero-order valence-electron chi connectivity index (χ0n) is 18.3. The van der Waals surface area contributed by atoms with Gasteiger partial charge in [0.1, 0.15) is 6.04 Å². The van der Waals surface area contributed by atoms with Crippen LogP contribution in [-0.2, 0) is 16.0 Å². The highest BCUT2D eigenvalue weighted by Crippen LogP contribution is 2.48. The Kier molecular flexibility index (Phi) is 4.55. The summed E-state index contributed by atoms with van der Waals surface area (Å²) in [7, 11) is 0. The van der Waals surface area contributed by atoms with Crippen LogP contribution < -0.4 is 5.73 Å². The first-order valence-electron chi connectivity index (χ1n) is 11.8. The first kappa shape index (κ1) is 20.6. The van der Waals surface area contributed by atoms with Gasteiger partial charge in [0, 0.05) is 25.2 Å². The largest absolute Gasteiger partial charge is 0.478 e. The second-order valence-electron chi connectivity index (χ2n) is 10.2. The minimum Gasteiger partial charge on any atom is -0.478 e. The summed E-state index contributed by atoms with van der Waals surface area (Å²) in [5.41, 5.74) is 8.64. The van der Waals surface area contributed by atoms with E-state index in [4.69, 9.17) is 5.73 Å². The number of likely N-dealkylation sites (tertiary alicyclic amines) is 3. The summed E-state index contributed by atoms with van der Waals surface area (Å²) in [6.07, 6.45) is 4.02. The first-order chi connectivity index (χ1) is 15.9. The van der Waals surface area contributed by atoms with Crippen LogP contribution in [0, 0.1) is 17.2 Å². The fraction of sp³-hybridized carbons (Fsp3) is 0.583. The molecule has 9 heteroatoms. The molecule has 1 aromatic rings. The van der Waals surface area contributed by atoms with Gasteiger partial charge in [-0.15, -0.1) is 0 Å². The normalized spacial score (nSPS) is 34.8. The molecule has 4 fully saturated rings. The summed E-state index contributed by atoms with van der Waals surface area (Å²) < 4.78 is 0. The highest BCUT2D eigenvalue weighted by Gasteiger charge is 2.56. The summed E-state index contributed by atoms with van der Waals surface area (Å²) in [5.74, 6) is -0.585. The number of carboxylic acids is 1. The second-order valence-corrected chi connectivity index (χ2v) is 10.2. The molecule has 9 nitrogen and oxygen atoms in total. The highest BCUT2D eigenvalue weighted by molar-refractivity contribution is 5.89. The SMILES string of the molecule is N#C[C@@H]1C[C@@H]2CC2N1C(=O)[C@@H](N)CN1C[C@H]2C[C@@H]1C(=O)N2[C@H]1CCc2cc(C(=O)O)ccc21. The fourth-order valence-corrected chi connectivity index (χ4v) is 6.73. The van der Waals surface area contributed by atoms with Crippen LogP contribution in [0.25, 0.3) is 0 Å². The molecule has 7 atom stereocenters. The third-order valence-electron chi connectivity index (χ3n) is 8.34. The van der Waals surface area contributed by atoms with Crippen LogP contribution >= 0.6 is 0 Å². The molecule has 2 amide bonds. The second kappa shape index (κ2) is 7.27. The summed E-state index contributed by atoms with van der Waals surface area (Å²) >= 11 is 0. The summed E-state index contributed by atoms with van der Waals surface area (Å²) in [5, 5.41) is 18.6. The minimum atomic E-state index is -0.939. The van der Waals surface area contributed by atoms with Gasteiger partial charge in [-0.1, -0.05) is 6.07 Å². The maximum absolute atomic E-state index is 13.3. The summed E-state index contributed by atoms with van der Waals surface area (Å²) in [6.45, 7) is 1.01. The van der Waals surface area contributed by atoms with Crippen molar-refractivity contribution < 1.29 is 19.5 Å². The van der Waals surface area contributed by atoms with Gasteiger partial charge in [0.25, 0.3) is 0 Å². The number of carbonyl (C=O) groups excluding carboxylic acids is 2. The van der Waals surface area contributed by atoms with Crippen LogP contribution in [0.15, 0.2) is 18.2 Å². The Balaban J connectivity index is 1.13. The number of piperazine rings is 1. The summed E-state index contributed by atoms with van der Waals surface area (Å²) in [4.78, 5) is 43.3. The lowest BCUT2D eigenvalue weighted by molar-refractivity contribution is -0.141. The molecule has 0 aromatic heterocycles. The molecule has 3 aliphatic heterocycles. The molecular formula is C24H27N5O4. The standard InChI is InChI=1S/C24H27N5O4/c25-9-15-6-14-7-20(14)28(15)22(30)18(26)11-27-10-16-8-21(27)23(31)29(16)19-4-2-12-5-13(24(32)33)1-3-17(12)19/h1,3,5,14-16,18-21H,2,4,6-8,10-11,26H2,(H,32,33)/t14-,15+,16-,18+,19+,20?,21-/m1/s1. The van der Waals surface area contributed by atoms with E-state index in [0.717, 1.165) is 43.2 Å². The highest BCUT2D eigenvalue weighted by atomic mass is 16.4. The molecule has 1 aromatic carbocycles. The molecule has 3 heterocycles. The Morgan fingerprint density at radius 1 is 1.24 bits per heavy atom. The molecule has 3 N–H and O–H groups in total. The van der Waals surface area contributed by atoms with Crippen molar-refractivity contribution in [3.8, 4) is 6.07 Å². The molecule has 6 rings (SSSR count). The number of hydrogen-bond donors (Lipinski definition) is 2. The maximum Gasteiger partial charge on any atom is 0.335 e. The van der Waals surface area contributed by atoms with Gasteiger partial charge in [-0.05, 0) is 61.3 Å². The number of aromatic carboxylic acids is 1. The topological polar surface area (TPSA) is 131 Å². The van der Waals surface area contributed by atoms with Gasteiger partial charge in [0.15, 0.2) is 0 Å². The van der Waals surface area contributed by atoms with Gasteiger partial charge in [-0.3, -0.25) is 14.5 Å². The quantitative estimate of drug-likeness (QED) is 0.669. The van der Waals surface area contributed by atoms with Crippen molar-refractivity contribution in [1.82, 2.24) is 14.7 Å². The number of nitrogens with two attached hydrogens (primary N) is 1. The summed E-state index contributed by atoms with van der Waals surface area (Å²) in [6, 6.07) is 6.29. The van der Waals surface area contributed by atoms with Crippen molar-refractivity contribution in [3.05, 3.63) is 34.9 Å². The van der Waals surface area contributed by atoms with Gasteiger partial charge in [-0.25, -0.2) is 4.79 Å². The van der Waals surface area contributed by atoms with Crippen molar-refractivity contribution in [2.45, 2.75) is 68.4 Å². The van der Waals surface area contributed by atoms with Gasteiger partial charge in [0.05, 0.1) is 29.8 Å². The number of carboxylic acid groups (broad SMARTS) is 1. The minimum absolute atomic E-state index is 0.0180. The molecule has 0 spiro atoms. The smallest absolute Gasteiger partial charge is 0.335 e. The van der Waals surface area contributed by atoms with Crippen molar-refractivity contribution in [2.75, 3.05) is 13.1 Å². The number of hydrogen-bond acceptors (Lipinski definition) is 6. The van der Waals surface area contributed by atoms with Crippen LogP contribution in [0.5, 0.6) is 0 Å². The number of piperidine rings is 1. The fourth-order valence-electron chi connectivity index (χ4n) is 6.73. The Morgan fingerprint density at radius 2 is 2.06 bits per heavy atom. The average molecular weight is 450 g/mol. The third kappa shape index (κ3) is 3.08. The molecular weight excluding hydrogens is 422 g/mol. The Morgan fingerprint density at radius 3 is 2.79 bits per heavy atom. The van der Waals surface area contributed by atoms with E-state index in [9.17, 15) is 24.8 Å². The van der Waals surface area contributed by atoms with Gasteiger partial charge in [0.2, 0.25) is 11.8 Å².